The third kappa shape index (κ3) is 5.56. The van der Waals surface area contributed by atoms with Gasteiger partial charge in [-0.3, -0.25) is 9.59 Å². The van der Waals surface area contributed by atoms with Crippen molar-refractivity contribution >= 4 is 30.4 Å². The molecule has 0 saturated carbocycles. The first-order valence-corrected chi connectivity index (χ1v) is 10.0. The summed E-state index contributed by atoms with van der Waals surface area (Å²) in [7, 11) is 1.74. The first kappa shape index (κ1) is 24.7. The molecule has 1 saturated heterocycles. The number of nitrogens with one attached hydrogen (secondary N) is 1. The molecule has 0 bridgehead atoms. The molecule has 0 unspecified atom stereocenters. The van der Waals surface area contributed by atoms with Crippen molar-refractivity contribution < 1.29 is 37.9 Å². The van der Waals surface area contributed by atoms with Gasteiger partial charge in [-0.1, -0.05) is 6.07 Å². The molecule has 170 valence electrons. The molecule has 1 atom stereocenters. The molecular formula is C21H30BNO8. The maximum atomic E-state index is 12.9. The van der Waals surface area contributed by atoms with Crippen LogP contribution in [0.15, 0.2) is 18.2 Å². The third-order valence-corrected chi connectivity index (χ3v) is 5.47. The second-order valence-electron chi connectivity index (χ2n) is 8.11. The quantitative estimate of drug-likeness (QED) is 0.480. The van der Waals surface area contributed by atoms with E-state index in [2.05, 4.69) is 14.8 Å². The molecular weight excluding hydrogens is 405 g/mol. The van der Waals surface area contributed by atoms with Crippen LogP contribution in [0.25, 0.3) is 0 Å². The molecule has 10 heteroatoms. The molecule has 1 aromatic rings. The number of ether oxygens (including phenoxy) is 3. The Bertz CT molecular complexity index is 823. The van der Waals surface area contributed by atoms with Crippen molar-refractivity contribution in [2.45, 2.75) is 58.3 Å². The Balaban J connectivity index is 2.28. The maximum Gasteiger partial charge on any atom is 0.494 e. The summed E-state index contributed by atoms with van der Waals surface area (Å²) < 4.78 is 27.0. The lowest BCUT2D eigenvalue weighted by Gasteiger charge is -2.32. The van der Waals surface area contributed by atoms with Gasteiger partial charge in [-0.15, -0.1) is 0 Å². The van der Waals surface area contributed by atoms with E-state index in [9.17, 15) is 14.4 Å². The van der Waals surface area contributed by atoms with Gasteiger partial charge in [0.15, 0.2) is 0 Å². The van der Waals surface area contributed by atoms with Crippen LogP contribution in [0, 0.1) is 0 Å². The molecule has 1 aromatic carbocycles. The topological polar surface area (TPSA) is 109 Å². The fraction of sp³-hybridized carbons (Fsp3) is 0.571. The molecule has 1 amide bonds. The van der Waals surface area contributed by atoms with E-state index in [1.54, 1.807) is 25.1 Å². The summed E-state index contributed by atoms with van der Waals surface area (Å²) >= 11 is 0. The van der Waals surface area contributed by atoms with Crippen LogP contribution in [0.4, 0.5) is 0 Å². The number of amides is 1. The largest absolute Gasteiger partial charge is 0.494 e. The predicted octanol–water partition coefficient (Wildman–Crippen LogP) is 1.22. The normalized spacial score (nSPS) is 17.6. The van der Waals surface area contributed by atoms with E-state index in [0.29, 0.717) is 17.8 Å². The Labute approximate surface area is 182 Å². The highest BCUT2D eigenvalue weighted by molar-refractivity contribution is 6.62. The van der Waals surface area contributed by atoms with E-state index in [0.717, 1.165) is 0 Å². The number of rotatable bonds is 8. The van der Waals surface area contributed by atoms with Crippen molar-refractivity contribution in [3.8, 4) is 5.75 Å². The summed E-state index contributed by atoms with van der Waals surface area (Å²) in [6.45, 7) is 9.91. The zero-order chi connectivity index (χ0) is 23.4. The Kier molecular flexibility index (Phi) is 7.72. The van der Waals surface area contributed by atoms with Gasteiger partial charge in [-0.2, -0.15) is 0 Å². The smallest absolute Gasteiger partial charge is 0.493 e. The molecule has 1 aliphatic rings. The molecule has 0 spiro atoms. The summed E-state index contributed by atoms with van der Waals surface area (Å²) in [6, 6.07) is 3.75. The van der Waals surface area contributed by atoms with Gasteiger partial charge in [-0.25, -0.2) is 4.79 Å². The fourth-order valence-electron chi connectivity index (χ4n) is 2.95. The van der Waals surface area contributed by atoms with Crippen LogP contribution in [0.5, 0.6) is 5.75 Å². The van der Waals surface area contributed by atoms with Crippen molar-refractivity contribution in [1.82, 2.24) is 5.32 Å². The summed E-state index contributed by atoms with van der Waals surface area (Å²) in [5.74, 6) is -1.71. The highest BCUT2D eigenvalue weighted by Crippen LogP contribution is 2.36. The molecule has 1 aliphatic heterocycles. The van der Waals surface area contributed by atoms with E-state index in [-0.39, 0.29) is 12.0 Å². The van der Waals surface area contributed by atoms with Crippen LogP contribution in [0.1, 0.15) is 51.4 Å². The average molecular weight is 435 g/mol. The van der Waals surface area contributed by atoms with Crippen molar-refractivity contribution in [1.29, 1.82) is 0 Å². The van der Waals surface area contributed by atoms with E-state index in [4.69, 9.17) is 14.0 Å². The maximum absolute atomic E-state index is 12.9. The monoisotopic (exact) mass is 435 g/mol. The summed E-state index contributed by atoms with van der Waals surface area (Å²) in [5, 5.41) is 2.51. The lowest BCUT2D eigenvalue weighted by atomic mass is 9.78. The Morgan fingerprint density at radius 1 is 1.06 bits per heavy atom. The van der Waals surface area contributed by atoms with Gasteiger partial charge in [-0.05, 0) is 52.2 Å². The minimum absolute atomic E-state index is 0.195. The number of carbonyl (C=O) groups is 3. The van der Waals surface area contributed by atoms with Crippen LogP contribution in [0.2, 0.25) is 0 Å². The number of carbonyl (C=O) groups excluding carboxylic acids is 3. The van der Waals surface area contributed by atoms with Gasteiger partial charge in [0.2, 0.25) is 0 Å². The average Bonchev–Trinajstić information content (AvgIpc) is 2.93. The molecule has 0 aliphatic carbocycles. The highest BCUT2D eigenvalue weighted by Gasteiger charge is 2.51. The van der Waals surface area contributed by atoms with Crippen LogP contribution in [0.3, 0.4) is 0 Å². The first-order valence-electron chi connectivity index (χ1n) is 10.0. The van der Waals surface area contributed by atoms with Crippen LogP contribution < -0.4 is 15.5 Å². The Hall–Kier alpha value is -2.59. The van der Waals surface area contributed by atoms with Gasteiger partial charge in [0, 0.05) is 0 Å². The van der Waals surface area contributed by atoms with Crippen molar-refractivity contribution in [3.63, 3.8) is 0 Å². The Morgan fingerprint density at radius 2 is 1.68 bits per heavy atom. The molecule has 1 fully saturated rings. The molecule has 0 aromatic heterocycles. The molecule has 0 radical (unpaired) electrons. The molecule has 1 N–H and O–H groups in total. The molecule has 31 heavy (non-hydrogen) atoms. The zero-order valence-corrected chi connectivity index (χ0v) is 19.1. The van der Waals surface area contributed by atoms with Crippen LogP contribution in [-0.4, -0.2) is 63.0 Å². The highest BCUT2D eigenvalue weighted by atomic mass is 16.7. The molecule has 1 heterocycles. The molecule has 2 rings (SSSR count). The third-order valence-electron chi connectivity index (χ3n) is 5.47. The van der Waals surface area contributed by atoms with Gasteiger partial charge in [0.25, 0.3) is 5.91 Å². The van der Waals surface area contributed by atoms with Gasteiger partial charge in [0.05, 0.1) is 44.0 Å². The zero-order valence-electron chi connectivity index (χ0n) is 19.1. The lowest BCUT2D eigenvalue weighted by molar-refractivity contribution is -0.149. The Morgan fingerprint density at radius 3 is 2.19 bits per heavy atom. The van der Waals surface area contributed by atoms with Crippen molar-refractivity contribution in [3.05, 3.63) is 23.8 Å². The predicted molar refractivity (Wildman–Crippen MR) is 113 cm³/mol. The number of hydrogen-bond acceptors (Lipinski definition) is 8. The number of methoxy groups -OCH3 is 2. The number of esters is 2. The van der Waals surface area contributed by atoms with E-state index in [1.807, 2.05) is 27.7 Å². The van der Waals surface area contributed by atoms with Gasteiger partial charge in [0.1, 0.15) is 11.8 Å². The van der Waals surface area contributed by atoms with E-state index < -0.39 is 42.2 Å². The van der Waals surface area contributed by atoms with E-state index in [1.165, 1.54) is 14.2 Å². The second kappa shape index (κ2) is 9.70. The molecule has 9 nitrogen and oxygen atoms in total. The summed E-state index contributed by atoms with van der Waals surface area (Å²) in [4.78, 5) is 36.4. The number of benzene rings is 1. The fourth-order valence-corrected chi connectivity index (χ4v) is 2.95. The van der Waals surface area contributed by atoms with Gasteiger partial charge >= 0.3 is 19.1 Å². The van der Waals surface area contributed by atoms with Crippen molar-refractivity contribution in [2.75, 3.05) is 20.8 Å². The lowest BCUT2D eigenvalue weighted by Crippen LogP contribution is -2.43. The minimum atomic E-state index is -1.19. The van der Waals surface area contributed by atoms with E-state index >= 15 is 0 Å². The summed E-state index contributed by atoms with van der Waals surface area (Å²) in [6.07, 6.45) is -0.356. The van der Waals surface area contributed by atoms with Crippen LogP contribution in [-0.2, 0) is 28.4 Å². The summed E-state index contributed by atoms with van der Waals surface area (Å²) in [5.41, 5.74) is -0.138. The first-order chi connectivity index (χ1) is 14.5. The standard InChI is InChI=1S/C21H30BNO8/c1-8-29-16-11-13(22-30-20(2,3)21(4,5)31-22)9-10-14(16)18(25)23-15(19(26)28-7)12-17(24)27-6/h9-11,15H,8,12H2,1-7H3,(H,23,25)/t15-/m1/s1. The van der Waals surface area contributed by atoms with Crippen molar-refractivity contribution in [2.24, 2.45) is 0 Å². The van der Waals surface area contributed by atoms with Gasteiger partial charge < -0.3 is 28.8 Å². The second-order valence-corrected chi connectivity index (χ2v) is 8.11. The van der Waals surface area contributed by atoms with Crippen LogP contribution >= 0.6 is 0 Å². The minimum Gasteiger partial charge on any atom is -0.493 e. The SMILES string of the molecule is CCOc1cc(B2OC(C)(C)C(C)(C)O2)ccc1C(=O)N[C@H](CC(=O)OC)C(=O)OC. The number of hydrogen-bond donors (Lipinski definition) is 1.